The average Bonchev–Trinajstić information content (AvgIpc) is 2.36. The summed E-state index contributed by atoms with van der Waals surface area (Å²) in [7, 11) is 3.29. The van der Waals surface area contributed by atoms with E-state index in [0.29, 0.717) is 19.8 Å². The van der Waals surface area contributed by atoms with Gasteiger partial charge in [-0.1, -0.05) is 19.9 Å². The standard InChI is InChI=1S/C15H23NO3/c1-14(2,8-16)15(9-19-10-15)11-5-6-12(17-3)13(7-11)18-4/h5-7H,8-10,16H2,1-4H3. The Morgan fingerprint density at radius 2 is 1.84 bits per heavy atom. The summed E-state index contributed by atoms with van der Waals surface area (Å²) < 4.78 is 16.2. The first kappa shape index (κ1) is 14.2. The first-order valence-electron chi connectivity index (χ1n) is 6.51. The molecule has 4 nitrogen and oxygen atoms in total. The quantitative estimate of drug-likeness (QED) is 0.884. The summed E-state index contributed by atoms with van der Waals surface area (Å²) in [5.74, 6) is 1.49. The SMILES string of the molecule is COc1ccc(C2(C(C)(C)CN)COC2)cc1OC. The second-order valence-electron chi connectivity index (χ2n) is 5.73. The fraction of sp³-hybridized carbons (Fsp3) is 0.600. The van der Waals surface area contributed by atoms with Gasteiger partial charge in [0.2, 0.25) is 0 Å². The number of rotatable bonds is 5. The summed E-state index contributed by atoms with van der Waals surface area (Å²) in [5.41, 5.74) is 7.09. The van der Waals surface area contributed by atoms with Crippen LogP contribution in [0.25, 0.3) is 0 Å². The highest BCUT2D eigenvalue weighted by atomic mass is 16.5. The molecule has 0 radical (unpaired) electrons. The van der Waals surface area contributed by atoms with E-state index in [2.05, 4.69) is 19.9 Å². The van der Waals surface area contributed by atoms with Crippen molar-refractivity contribution in [2.24, 2.45) is 11.1 Å². The Morgan fingerprint density at radius 3 is 2.26 bits per heavy atom. The maximum absolute atomic E-state index is 5.95. The van der Waals surface area contributed by atoms with Gasteiger partial charge in [0.15, 0.2) is 11.5 Å². The predicted octanol–water partition coefficient (Wildman–Crippen LogP) is 1.96. The van der Waals surface area contributed by atoms with E-state index in [-0.39, 0.29) is 10.8 Å². The highest BCUT2D eigenvalue weighted by Gasteiger charge is 2.51. The number of methoxy groups -OCH3 is 2. The molecule has 0 spiro atoms. The van der Waals surface area contributed by atoms with Crippen LogP contribution in [-0.4, -0.2) is 34.0 Å². The van der Waals surface area contributed by atoms with Crippen molar-refractivity contribution in [3.8, 4) is 11.5 Å². The van der Waals surface area contributed by atoms with Crippen LogP contribution in [0.1, 0.15) is 19.4 Å². The van der Waals surface area contributed by atoms with E-state index >= 15 is 0 Å². The van der Waals surface area contributed by atoms with Crippen LogP contribution >= 0.6 is 0 Å². The molecule has 1 aliphatic heterocycles. The van der Waals surface area contributed by atoms with Crippen molar-refractivity contribution in [1.29, 1.82) is 0 Å². The van der Waals surface area contributed by atoms with Crippen LogP contribution in [-0.2, 0) is 10.2 Å². The van der Waals surface area contributed by atoms with Gasteiger partial charge in [0, 0.05) is 5.41 Å². The van der Waals surface area contributed by atoms with Crippen LogP contribution < -0.4 is 15.2 Å². The summed E-state index contributed by atoms with van der Waals surface area (Å²) in [6.07, 6.45) is 0. The maximum atomic E-state index is 5.95. The fourth-order valence-corrected chi connectivity index (χ4v) is 2.58. The fourth-order valence-electron chi connectivity index (χ4n) is 2.58. The lowest BCUT2D eigenvalue weighted by Crippen LogP contribution is -2.59. The minimum atomic E-state index is -0.0404. The molecule has 106 valence electrons. The van der Waals surface area contributed by atoms with Crippen LogP contribution in [0.2, 0.25) is 0 Å². The van der Waals surface area contributed by atoms with Crippen LogP contribution in [0.15, 0.2) is 18.2 Å². The molecule has 19 heavy (non-hydrogen) atoms. The van der Waals surface area contributed by atoms with E-state index in [9.17, 15) is 0 Å². The zero-order valence-electron chi connectivity index (χ0n) is 12.2. The third-order valence-electron chi connectivity index (χ3n) is 4.44. The van der Waals surface area contributed by atoms with Gasteiger partial charge in [-0.15, -0.1) is 0 Å². The van der Waals surface area contributed by atoms with Crippen molar-refractivity contribution >= 4 is 0 Å². The lowest BCUT2D eigenvalue weighted by atomic mass is 9.60. The molecule has 1 aromatic rings. The molecule has 1 saturated heterocycles. The molecule has 1 heterocycles. The molecular formula is C15H23NO3. The number of benzene rings is 1. The molecule has 2 N–H and O–H groups in total. The van der Waals surface area contributed by atoms with Gasteiger partial charge in [0.1, 0.15) is 0 Å². The second-order valence-corrected chi connectivity index (χ2v) is 5.73. The largest absolute Gasteiger partial charge is 0.493 e. The smallest absolute Gasteiger partial charge is 0.161 e. The van der Waals surface area contributed by atoms with Crippen molar-refractivity contribution in [3.05, 3.63) is 23.8 Å². The van der Waals surface area contributed by atoms with Gasteiger partial charge in [0.05, 0.1) is 27.4 Å². The monoisotopic (exact) mass is 265 g/mol. The Hall–Kier alpha value is -1.26. The third-order valence-corrected chi connectivity index (χ3v) is 4.44. The Balaban J connectivity index is 2.45. The van der Waals surface area contributed by atoms with Gasteiger partial charge in [-0.3, -0.25) is 0 Å². The lowest BCUT2D eigenvalue weighted by molar-refractivity contribution is -0.116. The van der Waals surface area contributed by atoms with E-state index in [0.717, 1.165) is 11.5 Å². The van der Waals surface area contributed by atoms with Gasteiger partial charge in [-0.2, -0.15) is 0 Å². The van der Waals surface area contributed by atoms with Gasteiger partial charge < -0.3 is 19.9 Å². The Bertz CT molecular complexity index is 453. The molecule has 0 saturated carbocycles. The van der Waals surface area contributed by atoms with E-state index in [1.807, 2.05) is 12.1 Å². The molecule has 4 heteroatoms. The molecule has 0 aromatic heterocycles. The van der Waals surface area contributed by atoms with Gasteiger partial charge in [-0.05, 0) is 29.7 Å². The van der Waals surface area contributed by atoms with Crippen molar-refractivity contribution in [1.82, 2.24) is 0 Å². The van der Waals surface area contributed by atoms with Crippen molar-refractivity contribution in [2.75, 3.05) is 34.0 Å². The molecule has 0 amide bonds. The summed E-state index contributed by atoms with van der Waals surface area (Å²) in [6.45, 7) is 6.39. The van der Waals surface area contributed by atoms with Gasteiger partial charge in [0.25, 0.3) is 0 Å². The van der Waals surface area contributed by atoms with Gasteiger partial charge >= 0.3 is 0 Å². The molecule has 0 bridgehead atoms. The summed E-state index contributed by atoms with van der Waals surface area (Å²) >= 11 is 0. The van der Waals surface area contributed by atoms with Crippen LogP contribution in [0, 0.1) is 5.41 Å². The average molecular weight is 265 g/mol. The minimum Gasteiger partial charge on any atom is -0.493 e. The van der Waals surface area contributed by atoms with Crippen LogP contribution in [0.3, 0.4) is 0 Å². The van der Waals surface area contributed by atoms with E-state index in [4.69, 9.17) is 19.9 Å². The maximum Gasteiger partial charge on any atom is 0.161 e. The second kappa shape index (κ2) is 5.02. The molecular weight excluding hydrogens is 242 g/mol. The van der Waals surface area contributed by atoms with Crippen molar-refractivity contribution in [2.45, 2.75) is 19.3 Å². The van der Waals surface area contributed by atoms with Crippen LogP contribution in [0.4, 0.5) is 0 Å². The molecule has 1 fully saturated rings. The summed E-state index contributed by atoms with van der Waals surface area (Å²) in [6, 6.07) is 6.07. The zero-order chi connectivity index (χ0) is 14.1. The first-order chi connectivity index (χ1) is 9.00. The normalized spacial score (nSPS) is 17.7. The molecule has 1 aromatic carbocycles. The molecule has 2 rings (SSSR count). The minimum absolute atomic E-state index is 0.0230. The zero-order valence-corrected chi connectivity index (χ0v) is 12.2. The lowest BCUT2D eigenvalue weighted by Gasteiger charge is -2.52. The predicted molar refractivity (Wildman–Crippen MR) is 74.9 cm³/mol. The highest BCUT2D eigenvalue weighted by molar-refractivity contribution is 5.46. The topological polar surface area (TPSA) is 53.7 Å². The van der Waals surface area contributed by atoms with E-state index < -0.39 is 0 Å². The number of hydrogen-bond acceptors (Lipinski definition) is 4. The number of hydrogen-bond donors (Lipinski definition) is 1. The third kappa shape index (κ3) is 2.09. The molecule has 0 atom stereocenters. The first-order valence-corrected chi connectivity index (χ1v) is 6.51. The van der Waals surface area contributed by atoms with Crippen molar-refractivity contribution in [3.63, 3.8) is 0 Å². The summed E-state index contributed by atoms with van der Waals surface area (Å²) in [5, 5.41) is 0. The number of nitrogens with two attached hydrogens (primary N) is 1. The molecule has 0 unspecified atom stereocenters. The Morgan fingerprint density at radius 1 is 1.21 bits per heavy atom. The molecule has 1 aliphatic rings. The molecule has 0 aliphatic carbocycles. The van der Waals surface area contributed by atoms with Crippen LogP contribution in [0.5, 0.6) is 11.5 Å². The van der Waals surface area contributed by atoms with Gasteiger partial charge in [-0.25, -0.2) is 0 Å². The number of ether oxygens (including phenoxy) is 3. The van der Waals surface area contributed by atoms with E-state index in [1.54, 1.807) is 14.2 Å². The van der Waals surface area contributed by atoms with Crippen molar-refractivity contribution < 1.29 is 14.2 Å². The Labute approximate surface area is 114 Å². The highest BCUT2D eigenvalue weighted by Crippen LogP contribution is 2.48. The summed E-state index contributed by atoms with van der Waals surface area (Å²) in [4.78, 5) is 0. The Kier molecular flexibility index (Phi) is 3.74. The van der Waals surface area contributed by atoms with E-state index in [1.165, 1.54) is 5.56 Å².